The molecule has 3 aromatic rings. The van der Waals surface area contributed by atoms with Gasteiger partial charge in [-0.05, 0) is 38.8 Å². The predicted octanol–water partition coefficient (Wildman–Crippen LogP) is 5.28. The van der Waals surface area contributed by atoms with Gasteiger partial charge in [0.15, 0.2) is 5.89 Å². The Hall–Kier alpha value is -2.55. The number of aromatic hydroxyl groups is 1. The maximum atomic E-state index is 9.21. The molecule has 0 aliphatic rings. The van der Waals surface area contributed by atoms with Crippen LogP contribution in [0.5, 0.6) is 5.75 Å². The molecule has 1 N–H and O–H groups in total. The zero-order valence-corrected chi connectivity index (χ0v) is 14.3. The number of benzene rings is 2. The van der Waals surface area contributed by atoms with Crippen LogP contribution in [0.4, 0.5) is 0 Å². The number of para-hydroxylation sites is 1. The third-order valence-corrected chi connectivity index (χ3v) is 3.67. The summed E-state index contributed by atoms with van der Waals surface area (Å²) in [6.07, 6.45) is 0. The number of aryl methyl sites for hydroxylation is 5. The van der Waals surface area contributed by atoms with Gasteiger partial charge in [-0.3, -0.25) is 0 Å². The fourth-order valence-corrected chi connectivity index (χ4v) is 2.31. The summed E-state index contributed by atoms with van der Waals surface area (Å²) >= 11 is 0. The standard InChI is InChI=1S/C12H13NO.C8H10O/c1-8-4-6-11(7-5-8)12-9(2)14-10(3)13-12;1-6-4-3-5-7(2)8(6)9/h4-7H,1-3H3;3-5,9H,1-2H3. The molecule has 0 atom stereocenters. The number of oxazole rings is 1. The van der Waals surface area contributed by atoms with Crippen LogP contribution in [0.1, 0.15) is 28.3 Å². The fourth-order valence-electron chi connectivity index (χ4n) is 2.31. The molecule has 2 aromatic carbocycles. The van der Waals surface area contributed by atoms with Crippen molar-refractivity contribution in [2.75, 3.05) is 0 Å². The first kappa shape index (κ1) is 16.8. The Kier molecular flexibility index (Phi) is 5.22. The number of nitrogens with zero attached hydrogens (tertiary/aromatic N) is 1. The normalized spacial score (nSPS) is 10.1. The molecule has 3 nitrogen and oxygen atoms in total. The molecule has 0 radical (unpaired) electrons. The van der Waals surface area contributed by atoms with Gasteiger partial charge in [0.2, 0.25) is 0 Å². The van der Waals surface area contributed by atoms with Crippen molar-refractivity contribution < 1.29 is 9.52 Å². The zero-order chi connectivity index (χ0) is 17.0. The summed E-state index contributed by atoms with van der Waals surface area (Å²) in [5, 5.41) is 9.21. The Bertz CT molecular complexity index is 766. The Balaban J connectivity index is 0.000000185. The Labute approximate surface area is 137 Å². The second kappa shape index (κ2) is 7.14. The maximum Gasteiger partial charge on any atom is 0.191 e. The van der Waals surface area contributed by atoms with Crippen molar-refractivity contribution in [3.63, 3.8) is 0 Å². The smallest absolute Gasteiger partial charge is 0.191 e. The van der Waals surface area contributed by atoms with E-state index >= 15 is 0 Å². The van der Waals surface area contributed by atoms with Gasteiger partial charge in [0.25, 0.3) is 0 Å². The number of aromatic nitrogens is 1. The molecule has 3 heteroatoms. The summed E-state index contributed by atoms with van der Waals surface area (Å²) in [6, 6.07) is 14.0. The highest BCUT2D eigenvalue weighted by Gasteiger charge is 2.07. The molecule has 120 valence electrons. The molecule has 0 fully saturated rings. The van der Waals surface area contributed by atoms with Gasteiger partial charge in [-0.15, -0.1) is 0 Å². The molecular weight excluding hydrogens is 286 g/mol. The second-order valence-electron chi connectivity index (χ2n) is 5.74. The largest absolute Gasteiger partial charge is 0.507 e. The van der Waals surface area contributed by atoms with Crippen molar-refractivity contribution in [2.24, 2.45) is 0 Å². The maximum absolute atomic E-state index is 9.21. The first-order valence-electron chi connectivity index (χ1n) is 7.64. The molecule has 0 saturated carbocycles. The third-order valence-electron chi connectivity index (χ3n) is 3.67. The van der Waals surface area contributed by atoms with Crippen molar-refractivity contribution in [3.05, 3.63) is 70.8 Å². The lowest BCUT2D eigenvalue weighted by atomic mass is 10.1. The van der Waals surface area contributed by atoms with E-state index in [0.717, 1.165) is 34.0 Å². The van der Waals surface area contributed by atoms with Gasteiger partial charge < -0.3 is 9.52 Å². The van der Waals surface area contributed by atoms with Crippen molar-refractivity contribution in [1.29, 1.82) is 0 Å². The monoisotopic (exact) mass is 309 g/mol. The number of rotatable bonds is 1. The summed E-state index contributed by atoms with van der Waals surface area (Å²) in [6.45, 7) is 9.66. The molecular formula is C20H23NO2. The first-order chi connectivity index (χ1) is 10.9. The van der Waals surface area contributed by atoms with Gasteiger partial charge in [-0.1, -0.05) is 48.0 Å². The average Bonchev–Trinajstić information content (AvgIpc) is 2.85. The van der Waals surface area contributed by atoms with E-state index in [1.165, 1.54) is 5.56 Å². The molecule has 23 heavy (non-hydrogen) atoms. The van der Waals surface area contributed by atoms with E-state index in [2.05, 4.69) is 36.2 Å². The lowest BCUT2D eigenvalue weighted by molar-refractivity contribution is 0.467. The summed E-state index contributed by atoms with van der Waals surface area (Å²) < 4.78 is 5.39. The topological polar surface area (TPSA) is 46.3 Å². The van der Waals surface area contributed by atoms with Gasteiger partial charge >= 0.3 is 0 Å². The second-order valence-corrected chi connectivity index (χ2v) is 5.74. The van der Waals surface area contributed by atoms with Crippen molar-refractivity contribution in [1.82, 2.24) is 4.98 Å². The molecule has 0 saturated heterocycles. The number of hydrogen-bond acceptors (Lipinski definition) is 3. The van der Waals surface area contributed by atoms with Gasteiger partial charge in [-0.25, -0.2) is 4.98 Å². The molecule has 0 amide bonds. The van der Waals surface area contributed by atoms with Crippen molar-refractivity contribution >= 4 is 0 Å². The van der Waals surface area contributed by atoms with Crippen LogP contribution in [0.2, 0.25) is 0 Å². The van der Waals surface area contributed by atoms with E-state index < -0.39 is 0 Å². The number of phenolic OH excluding ortho intramolecular Hbond substituents is 1. The molecule has 0 aliphatic carbocycles. The quantitative estimate of drug-likeness (QED) is 0.665. The zero-order valence-electron chi connectivity index (χ0n) is 14.3. The van der Waals surface area contributed by atoms with E-state index in [1.807, 2.05) is 45.9 Å². The van der Waals surface area contributed by atoms with E-state index in [1.54, 1.807) is 0 Å². The van der Waals surface area contributed by atoms with Crippen LogP contribution >= 0.6 is 0 Å². The highest BCUT2D eigenvalue weighted by Crippen LogP contribution is 2.23. The van der Waals surface area contributed by atoms with Gasteiger partial charge in [0.05, 0.1) is 0 Å². The van der Waals surface area contributed by atoms with Crippen LogP contribution in [-0.4, -0.2) is 10.1 Å². The van der Waals surface area contributed by atoms with E-state index in [0.29, 0.717) is 5.75 Å². The van der Waals surface area contributed by atoms with Crippen LogP contribution in [0, 0.1) is 34.6 Å². The van der Waals surface area contributed by atoms with Crippen LogP contribution in [0.25, 0.3) is 11.3 Å². The molecule has 0 unspecified atom stereocenters. The molecule has 1 aromatic heterocycles. The van der Waals surface area contributed by atoms with E-state index in [9.17, 15) is 5.11 Å². The third kappa shape index (κ3) is 4.22. The molecule has 0 bridgehead atoms. The summed E-state index contributed by atoms with van der Waals surface area (Å²) in [7, 11) is 0. The lowest BCUT2D eigenvalue weighted by Gasteiger charge is -1.99. The highest BCUT2D eigenvalue weighted by atomic mass is 16.4. The molecule has 1 heterocycles. The average molecular weight is 309 g/mol. The fraction of sp³-hybridized carbons (Fsp3) is 0.250. The minimum atomic E-state index is 0.414. The van der Waals surface area contributed by atoms with Crippen LogP contribution in [0.3, 0.4) is 0 Å². The number of hydrogen-bond donors (Lipinski definition) is 1. The molecule has 0 aliphatic heterocycles. The molecule has 0 spiro atoms. The highest BCUT2D eigenvalue weighted by molar-refractivity contribution is 5.61. The molecule has 3 rings (SSSR count). The lowest BCUT2D eigenvalue weighted by Crippen LogP contribution is -1.81. The van der Waals surface area contributed by atoms with Gasteiger partial charge in [0.1, 0.15) is 17.2 Å². The van der Waals surface area contributed by atoms with Crippen LogP contribution < -0.4 is 0 Å². The minimum Gasteiger partial charge on any atom is -0.507 e. The Morgan fingerprint density at radius 1 is 0.826 bits per heavy atom. The summed E-state index contributed by atoms with van der Waals surface area (Å²) in [4.78, 5) is 4.34. The minimum absolute atomic E-state index is 0.414. The SMILES string of the molecule is Cc1ccc(-c2nc(C)oc2C)cc1.Cc1cccc(C)c1O. The van der Waals surface area contributed by atoms with Crippen molar-refractivity contribution in [3.8, 4) is 17.0 Å². The number of phenols is 1. The Morgan fingerprint density at radius 3 is 1.83 bits per heavy atom. The Morgan fingerprint density at radius 2 is 1.39 bits per heavy atom. The van der Waals surface area contributed by atoms with Gasteiger partial charge in [0, 0.05) is 12.5 Å². The first-order valence-corrected chi connectivity index (χ1v) is 7.64. The van der Waals surface area contributed by atoms with Crippen molar-refractivity contribution in [2.45, 2.75) is 34.6 Å². The van der Waals surface area contributed by atoms with Crippen LogP contribution in [-0.2, 0) is 0 Å². The summed E-state index contributed by atoms with van der Waals surface area (Å²) in [5.41, 5.74) is 5.20. The van der Waals surface area contributed by atoms with E-state index in [4.69, 9.17) is 4.42 Å². The summed E-state index contributed by atoms with van der Waals surface area (Å²) in [5.74, 6) is 2.02. The van der Waals surface area contributed by atoms with Crippen LogP contribution in [0.15, 0.2) is 46.9 Å². The predicted molar refractivity (Wildman–Crippen MR) is 93.7 cm³/mol. The van der Waals surface area contributed by atoms with E-state index in [-0.39, 0.29) is 0 Å². The van der Waals surface area contributed by atoms with Gasteiger partial charge in [-0.2, -0.15) is 0 Å².